The van der Waals surface area contributed by atoms with Gasteiger partial charge >= 0.3 is 0 Å². The highest BCUT2D eigenvalue weighted by Gasteiger charge is 2.21. The monoisotopic (exact) mass is 280 g/mol. The first-order valence-corrected chi connectivity index (χ1v) is 7.98. The van der Waals surface area contributed by atoms with Gasteiger partial charge in [0.15, 0.2) is 0 Å². The first kappa shape index (κ1) is 14.2. The maximum Gasteiger partial charge on any atom is 0.0812 e. The Bertz CT molecular complexity index is 571. The second-order valence-corrected chi connectivity index (χ2v) is 5.75. The van der Waals surface area contributed by atoms with Gasteiger partial charge in [-0.2, -0.15) is 0 Å². The van der Waals surface area contributed by atoms with Crippen LogP contribution in [0.3, 0.4) is 0 Å². The van der Waals surface area contributed by atoms with Gasteiger partial charge in [0, 0.05) is 18.7 Å². The fourth-order valence-corrected chi connectivity index (χ4v) is 3.12. The molecule has 0 saturated carbocycles. The van der Waals surface area contributed by atoms with Gasteiger partial charge in [-0.05, 0) is 41.2 Å². The molecule has 0 amide bonds. The summed E-state index contributed by atoms with van der Waals surface area (Å²) in [5, 5.41) is 7.23. The Labute approximate surface area is 127 Å². The summed E-state index contributed by atoms with van der Waals surface area (Å²) >= 11 is 0. The second-order valence-electron chi connectivity index (χ2n) is 5.75. The second kappa shape index (κ2) is 6.31. The maximum atomic E-state index is 3.62. The van der Waals surface area contributed by atoms with Crippen molar-refractivity contribution in [2.75, 3.05) is 5.32 Å². The Kier molecular flexibility index (Phi) is 4.26. The van der Waals surface area contributed by atoms with Crippen LogP contribution in [-0.2, 0) is 25.8 Å². The van der Waals surface area contributed by atoms with E-state index < -0.39 is 0 Å². The molecular weight excluding hydrogens is 256 g/mol. The minimum Gasteiger partial charge on any atom is -0.369 e. The van der Waals surface area contributed by atoms with Crippen LogP contribution >= 0.6 is 0 Å². The molecule has 1 unspecified atom stereocenters. The maximum absolute atomic E-state index is 3.62. The van der Waals surface area contributed by atoms with E-state index in [9.17, 15) is 0 Å². The molecule has 0 bridgehead atoms. The van der Waals surface area contributed by atoms with Gasteiger partial charge in [0.05, 0.1) is 6.17 Å². The molecule has 1 aliphatic heterocycles. The van der Waals surface area contributed by atoms with Gasteiger partial charge in [0.25, 0.3) is 0 Å². The zero-order chi connectivity index (χ0) is 14.7. The Morgan fingerprint density at radius 3 is 2.48 bits per heavy atom. The predicted molar refractivity (Wildman–Crippen MR) is 89.6 cm³/mol. The summed E-state index contributed by atoms with van der Waals surface area (Å²) in [6, 6.07) is 15.3. The molecule has 3 rings (SSSR count). The van der Waals surface area contributed by atoms with E-state index in [1.807, 2.05) is 0 Å². The minimum absolute atomic E-state index is 0.344. The average Bonchev–Trinajstić information content (AvgIpc) is 2.94. The summed E-state index contributed by atoms with van der Waals surface area (Å²) < 4.78 is 0. The molecule has 2 heteroatoms. The zero-order valence-electron chi connectivity index (χ0n) is 12.9. The van der Waals surface area contributed by atoms with Crippen LogP contribution in [0.25, 0.3) is 0 Å². The number of aryl methyl sites for hydroxylation is 2. The van der Waals surface area contributed by atoms with Crippen LogP contribution < -0.4 is 10.6 Å². The van der Waals surface area contributed by atoms with Crippen LogP contribution in [0.15, 0.2) is 42.5 Å². The van der Waals surface area contributed by atoms with Gasteiger partial charge < -0.3 is 5.32 Å². The van der Waals surface area contributed by atoms with Crippen molar-refractivity contribution in [3.05, 3.63) is 64.7 Å². The number of anilines is 1. The minimum atomic E-state index is 0.344. The van der Waals surface area contributed by atoms with E-state index >= 15 is 0 Å². The molecule has 0 fully saturated rings. The lowest BCUT2D eigenvalue weighted by molar-refractivity contribution is 0.576. The first-order chi connectivity index (χ1) is 10.3. The Morgan fingerprint density at radius 1 is 1.05 bits per heavy atom. The van der Waals surface area contributed by atoms with Gasteiger partial charge in [-0.25, -0.2) is 0 Å². The van der Waals surface area contributed by atoms with E-state index in [1.165, 1.54) is 27.9 Å². The van der Waals surface area contributed by atoms with Gasteiger partial charge in [0.1, 0.15) is 0 Å². The molecule has 0 spiro atoms. The van der Waals surface area contributed by atoms with Crippen LogP contribution in [0.4, 0.5) is 5.69 Å². The summed E-state index contributed by atoms with van der Waals surface area (Å²) in [6.45, 7) is 5.39. The van der Waals surface area contributed by atoms with E-state index in [0.29, 0.717) is 6.17 Å². The largest absolute Gasteiger partial charge is 0.369 e. The smallest absolute Gasteiger partial charge is 0.0812 e. The van der Waals surface area contributed by atoms with Crippen molar-refractivity contribution in [1.82, 2.24) is 5.32 Å². The topological polar surface area (TPSA) is 24.1 Å². The standard InChI is InChI=1S/C19H24N2/c1-3-15-10-17-12-19(21-18(17)11-16(15)4-2)20-13-14-8-6-5-7-9-14/h5-11,19-21H,3-4,12-13H2,1-2H3. The Morgan fingerprint density at radius 2 is 1.76 bits per heavy atom. The summed E-state index contributed by atoms with van der Waals surface area (Å²) in [4.78, 5) is 0. The van der Waals surface area contributed by atoms with Crippen molar-refractivity contribution in [3.8, 4) is 0 Å². The van der Waals surface area contributed by atoms with Gasteiger partial charge in [-0.15, -0.1) is 0 Å². The lowest BCUT2D eigenvalue weighted by Gasteiger charge is -2.13. The SMILES string of the molecule is CCc1cc2c(cc1CC)NC(NCc1ccccc1)C2. The van der Waals surface area contributed by atoms with Gasteiger partial charge in [-0.3, -0.25) is 5.32 Å². The van der Waals surface area contributed by atoms with Gasteiger partial charge in [-0.1, -0.05) is 50.2 Å². The summed E-state index contributed by atoms with van der Waals surface area (Å²) in [6.07, 6.45) is 3.65. The fraction of sp³-hybridized carbons (Fsp3) is 0.368. The number of hydrogen-bond donors (Lipinski definition) is 2. The lowest BCUT2D eigenvalue weighted by atomic mass is 9.98. The molecule has 2 N–H and O–H groups in total. The molecule has 0 radical (unpaired) electrons. The van der Waals surface area contributed by atoms with E-state index in [2.05, 4.69) is 66.9 Å². The van der Waals surface area contributed by atoms with E-state index in [4.69, 9.17) is 0 Å². The van der Waals surface area contributed by atoms with Gasteiger partial charge in [0.2, 0.25) is 0 Å². The van der Waals surface area contributed by atoms with Crippen molar-refractivity contribution >= 4 is 5.69 Å². The highest BCUT2D eigenvalue weighted by atomic mass is 15.1. The third kappa shape index (κ3) is 3.11. The molecule has 0 aliphatic carbocycles. The third-order valence-corrected chi connectivity index (χ3v) is 4.34. The number of rotatable bonds is 5. The van der Waals surface area contributed by atoms with E-state index in [1.54, 1.807) is 0 Å². The Balaban J connectivity index is 1.67. The van der Waals surface area contributed by atoms with Crippen LogP contribution in [0, 0.1) is 0 Å². The summed E-state index contributed by atoms with van der Waals surface area (Å²) in [5.41, 5.74) is 7.08. The van der Waals surface area contributed by atoms with Crippen LogP contribution in [-0.4, -0.2) is 6.17 Å². The molecule has 110 valence electrons. The van der Waals surface area contributed by atoms with E-state index in [0.717, 1.165) is 25.8 Å². The zero-order valence-corrected chi connectivity index (χ0v) is 12.9. The molecule has 1 aliphatic rings. The molecule has 1 heterocycles. The average molecular weight is 280 g/mol. The summed E-state index contributed by atoms with van der Waals surface area (Å²) in [7, 11) is 0. The highest BCUT2D eigenvalue weighted by Crippen LogP contribution is 2.29. The van der Waals surface area contributed by atoms with Crippen molar-refractivity contribution < 1.29 is 0 Å². The molecule has 21 heavy (non-hydrogen) atoms. The fourth-order valence-electron chi connectivity index (χ4n) is 3.12. The molecule has 2 nitrogen and oxygen atoms in total. The number of fused-ring (bicyclic) bond motifs is 1. The molecular formula is C19H24N2. The number of benzene rings is 2. The normalized spacial score (nSPS) is 16.6. The van der Waals surface area contributed by atoms with E-state index in [-0.39, 0.29) is 0 Å². The van der Waals surface area contributed by atoms with Crippen LogP contribution in [0.2, 0.25) is 0 Å². The first-order valence-electron chi connectivity index (χ1n) is 7.98. The van der Waals surface area contributed by atoms with Crippen molar-refractivity contribution in [3.63, 3.8) is 0 Å². The van der Waals surface area contributed by atoms with Crippen LogP contribution in [0.5, 0.6) is 0 Å². The van der Waals surface area contributed by atoms with Crippen molar-refractivity contribution in [2.45, 2.75) is 45.8 Å². The highest BCUT2D eigenvalue weighted by molar-refractivity contribution is 5.60. The molecule has 1 atom stereocenters. The molecule has 0 aromatic heterocycles. The van der Waals surface area contributed by atoms with Crippen molar-refractivity contribution in [2.24, 2.45) is 0 Å². The van der Waals surface area contributed by atoms with Crippen molar-refractivity contribution in [1.29, 1.82) is 0 Å². The molecule has 0 saturated heterocycles. The number of nitrogens with one attached hydrogen (secondary N) is 2. The predicted octanol–water partition coefficient (Wildman–Crippen LogP) is 3.90. The number of hydrogen-bond acceptors (Lipinski definition) is 2. The van der Waals surface area contributed by atoms with Crippen LogP contribution in [0.1, 0.15) is 36.1 Å². The quantitative estimate of drug-likeness (QED) is 0.868. The lowest BCUT2D eigenvalue weighted by Crippen LogP contribution is -2.33. The summed E-state index contributed by atoms with van der Waals surface area (Å²) in [5.74, 6) is 0. The molecule has 2 aromatic carbocycles. The Hall–Kier alpha value is -1.80. The third-order valence-electron chi connectivity index (χ3n) is 4.34. The molecule has 2 aromatic rings.